The maximum Gasteiger partial charge on any atom is 0.252 e. The van der Waals surface area contributed by atoms with Crippen LogP contribution in [0.1, 0.15) is 10.4 Å². The topological polar surface area (TPSA) is 64.3 Å². The van der Waals surface area contributed by atoms with E-state index in [-0.39, 0.29) is 0 Å². The molecule has 0 atom stereocenters. The summed E-state index contributed by atoms with van der Waals surface area (Å²) in [4.78, 5) is 11.0. The van der Waals surface area contributed by atoms with Crippen LogP contribution in [0.4, 0.5) is 0 Å². The van der Waals surface area contributed by atoms with Crippen molar-refractivity contribution in [3.8, 4) is 5.75 Å². The zero-order valence-corrected chi connectivity index (χ0v) is 9.17. The molecule has 0 fully saturated rings. The minimum absolute atomic E-state index is 0.343. The van der Waals surface area contributed by atoms with Crippen LogP contribution in [0.3, 0.4) is 0 Å². The van der Waals surface area contributed by atoms with E-state index in [4.69, 9.17) is 22.1 Å². The summed E-state index contributed by atoms with van der Waals surface area (Å²) in [5.74, 6) is -0.101. The molecule has 0 unspecified atom stereocenters. The predicted octanol–water partition coefficient (Wildman–Crippen LogP) is 1.04. The van der Waals surface area contributed by atoms with Gasteiger partial charge in [-0.2, -0.15) is 0 Å². The minimum atomic E-state index is -0.522. The van der Waals surface area contributed by atoms with Gasteiger partial charge in [0.25, 0.3) is 5.91 Å². The van der Waals surface area contributed by atoms with Gasteiger partial charge in [0, 0.05) is 11.6 Å². The van der Waals surface area contributed by atoms with Crippen molar-refractivity contribution in [2.24, 2.45) is 5.73 Å². The highest BCUT2D eigenvalue weighted by Crippen LogP contribution is 2.22. The second-order valence-corrected chi connectivity index (χ2v) is 3.39. The molecule has 0 radical (unpaired) electrons. The summed E-state index contributed by atoms with van der Waals surface area (Å²) in [6, 6.07) is 4.74. The zero-order chi connectivity index (χ0) is 11.3. The Morgan fingerprint density at radius 1 is 1.60 bits per heavy atom. The van der Waals surface area contributed by atoms with Crippen molar-refractivity contribution in [2.75, 3.05) is 20.2 Å². The number of hydrogen-bond donors (Lipinski definition) is 2. The highest BCUT2D eigenvalue weighted by Gasteiger charge is 2.09. The second-order valence-electron chi connectivity index (χ2n) is 2.96. The molecule has 15 heavy (non-hydrogen) atoms. The lowest BCUT2D eigenvalue weighted by molar-refractivity contribution is 0.0996. The number of likely N-dealkylation sites (N-methyl/N-ethyl adjacent to an activating group) is 1. The van der Waals surface area contributed by atoms with Crippen molar-refractivity contribution in [3.63, 3.8) is 0 Å². The van der Waals surface area contributed by atoms with Crippen molar-refractivity contribution in [2.45, 2.75) is 0 Å². The van der Waals surface area contributed by atoms with E-state index in [0.29, 0.717) is 29.5 Å². The molecule has 0 aliphatic heterocycles. The fraction of sp³-hybridized carbons (Fsp3) is 0.300. The van der Waals surface area contributed by atoms with Gasteiger partial charge in [0.2, 0.25) is 0 Å². The summed E-state index contributed by atoms with van der Waals surface area (Å²) < 4.78 is 5.37. The van der Waals surface area contributed by atoms with Crippen LogP contribution in [0.25, 0.3) is 0 Å². The lowest BCUT2D eigenvalue weighted by Gasteiger charge is -2.09. The smallest absolute Gasteiger partial charge is 0.252 e. The normalized spacial score (nSPS) is 10.0. The third kappa shape index (κ3) is 3.42. The average Bonchev–Trinajstić information content (AvgIpc) is 2.18. The maximum absolute atomic E-state index is 11.0. The van der Waals surface area contributed by atoms with Crippen LogP contribution in [-0.2, 0) is 0 Å². The molecule has 0 aliphatic rings. The Hall–Kier alpha value is -1.26. The molecule has 3 N–H and O–H groups in total. The lowest BCUT2D eigenvalue weighted by Crippen LogP contribution is -2.18. The number of halogens is 1. The van der Waals surface area contributed by atoms with Gasteiger partial charge < -0.3 is 15.8 Å². The van der Waals surface area contributed by atoms with Crippen LogP contribution in [0.15, 0.2) is 18.2 Å². The van der Waals surface area contributed by atoms with Crippen LogP contribution in [0, 0.1) is 0 Å². The Morgan fingerprint density at radius 2 is 2.33 bits per heavy atom. The van der Waals surface area contributed by atoms with Gasteiger partial charge in [0.05, 0.1) is 5.56 Å². The van der Waals surface area contributed by atoms with Crippen LogP contribution < -0.4 is 15.8 Å². The van der Waals surface area contributed by atoms with Gasteiger partial charge in [-0.3, -0.25) is 4.79 Å². The van der Waals surface area contributed by atoms with Crippen molar-refractivity contribution in [3.05, 3.63) is 28.8 Å². The van der Waals surface area contributed by atoms with Gasteiger partial charge in [-0.15, -0.1) is 0 Å². The summed E-state index contributed by atoms with van der Waals surface area (Å²) in [7, 11) is 1.82. The summed E-state index contributed by atoms with van der Waals surface area (Å²) in [6.07, 6.45) is 0. The van der Waals surface area contributed by atoms with Gasteiger partial charge in [-0.25, -0.2) is 0 Å². The largest absolute Gasteiger partial charge is 0.491 e. The number of carbonyl (C=O) groups excluding carboxylic acids is 1. The number of rotatable bonds is 5. The van der Waals surface area contributed by atoms with E-state index >= 15 is 0 Å². The standard InChI is InChI=1S/C10H13ClN2O2/c1-13-4-5-15-9-6-7(11)2-3-8(9)10(12)14/h2-3,6,13H,4-5H2,1H3,(H2,12,14). The number of primary amides is 1. The Morgan fingerprint density at radius 3 is 2.93 bits per heavy atom. The fourth-order valence-electron chi connectivity index (χ4n) is 1.08. The molecule has 82 valence electrons. The first-order chi connectivity index (χ1) is 7.15. The Bertz CT molecular complexity index is 355. The molecule has 0 heterocycles. The molecule has 0 saturated carbocycles. The average molecular weight is 229 g/mol. The Kier molecular flexibility index (Phi) is 4.39. The molecule has 1 amide bonds. The van der Waals surface area contributed by atoms with Crippen LogP contribution in [-0.4, -0.2) is 26.1 Å². The quantitative estimate of drug-likeness (QED) is 0.740. The van der Waals surface area contributed by atoms with Gasteiger partial charge in [-0.1, -0.05) is 11.6 Å². The van der Waals surface area contributed by atoms with Crippen LogP contribution in [0.5, 0.6) is 5.75 Å². The molecular formula is C10H13ClN2O2. The van der Waals surface area contributed by atoms with Gasteiger partial charge in [-0.05, 0) is 25.2 Å². The first-order valence-corrected chi connectivity index (χ1v) is 4.89. The number of carbonyl (C=O) groups is 1. The van der Waals surface area contributed by atoms with E-state index in [1.165, 1.54) is 0 Å². The number of ether oxygens (including phenoxy) is 1. The Labute approximate surface area is 93.4 Å². The maximum atomic E-state index is 11.0. The SMILES string of the molecule is CNCCOc1cc(Cl)ccc1C(N)=O. The van der Waals surface area contributed by atoms with Crippen molar-refractivity contribution < 1.29 is 9.53 Å². The summed E-state index contributed by atoms with van der Waals surface area (Å²) in [5.41, 5.74) is 5.53. The molecular weight excluding hydrogens is 216 g/mol. The summed E-state index contributed by atoms with van der Waals surface area (Å²) >= 11 is 5.79. The molecule has 0 spiro atoms. The van der Waals surface area contributed by atoms with Crippen LogP contribution >= 0.6 is 11.6 Å². The van der Waals surface area contributed by atoms with E-state index in [1.807, 2.05) is 7.05 Å². The second kappa shape index (κ2) is 5.58. The van der Waals surface area contributed by atoms with Crippen molar-refractivity contribution >= 4 is 17.5 Å². The molecule has 1 aromatic rings. The van der Waals surface area contributed by atoms with E-state index in [0.717, 1.165) is 0 Å². The highest BCUT2D eigenvalue weighted by atomic mass is 35.5. The Balaban J connectivity index is 2.82. The molecule has 1 rings (SSSR count). The van der Waals surface area contributed by atoms with Crippen molar-refractivity contribution in [1.29, 1.82) is 0 Å². The van der Waals surface area contributed by atoms with E-state index < -0.39 is 5.91 Å². The first-order valence-electron chi connectivity index (χ1n) is 4.52. The zero-order valence-electron chi connectivity index (χ0n) is 8.42. The lowest BCUT2D eigenvalue weighted by atomic mass is 10.2. The minimum Gasteiger partial charge on any atom is -0.491 e. The summed E-state index contributed by atoms with van der Waals surface area (Å²) in [5, 5.41) is 3.44. The van der Waals surface area contributed by atoms with Gasteiger partial charge in [0.1, 0.15) is 12.4 Å². The molecule has 0 saturated heterocycles. The monoisotopic (exact) mass is 228 g/mol. The third-order valence-corrected chi connectivity index (χ3v) is 2.05. The molecule has 4 nitrogen and oxygen atoms in total. The number of nitrogens with one attached hydrogen (secondary N) is 1. The van der Waals surface area contributed by atoms with Gasteiger partial charge in [0.15, 0.2) is 0 Å². The first kappa shape index (κ1) is 11.8. The van der Waals surface area contributed by atoms with E-state index in [1.54, 1.807) is 18.2 Å². The van der Waals surface area contributed by atoms with Gasteiger partial charge >= 0.3 is 0 Å². The molecule has 0 aromatic heterocycles. The van der Waals surface area contributed by atoms with Crippen LogP contribution in [0.2, 0.25) is 5.02 Å². The number of amides is 1. The number of benzene rings is 1. The molecule has 1 aromatic carbocycles. The predicted molar refractivity (Wildman–Crippen MR) is 59.4 cm³/mol. The van der Waals surface area contributed by atoms with E-state index in [2.05, 4.69) is 5.32 Å². The fourth-order valence-corrected chi connectivity index (χ4v) is 1.24. The van der Waals surface area contributed by atoms with Crippen molar-refractivity contribution in [1.82, 2.24) is 5.32 Å². The molecule has 0 aliphatic carbocycles. The highest BCUT2D eigenvalue weighted by molar-refractivity contribution is 6.30. The number of nitrogens with two attached hydrogens (primary N) is 1. The summed E-state index contributed by atoms with van der Waals surface area (Å²) in [6.45, 7) is 1.14. The third-order valence-electron chi connectivity index (χ3n) is 1.82. The molecule has 5 heteroatoms. The number of hydrogen-bond acceptors (Lipinski definition) is 3. The van der Waals surface area contributed by atoms with E-state index in [9.17, 15) is 4.79 Å². The molecule has 0 bridgehead atoms.